The predicted molar refractivity (Wildman–Crippen MR) is 90.9 cm³/mol. The Morgan fingerprint density at radius 3 is 2.83 bits per heavy atom. The lowest BCUT2D eigenvalue weighted by atomic mass is 9.98. The van der Waals surface area contributed by atoms with Crippen LogP contribution in [0.4, 0.5) is 5.69 Å². The summed E-state index contributed by atoms with van der Waals surface area (Å²) in [7, 11) is 0. The smallest absolute Gasteiger partial charge is 0.310 e. The van der Waals surface area contributed by atoms with Crippen LogP contribution in [0.15, 0.2) is 24.3 Å². The van der Waals surface area contributed by atoms with E-state index in [1.54, 1.807) is 31.2 Å². The molecule has 24 heavy (non-hydrogen) atoms. The van der Waals surface area contributed by atoms with Gasteiger partial charge in [0.05, 0.1) is 19.1 Å². The summed E-state index contributed by atoms with van der Waals surface area (Å²) in [6.45, 7) is 5.21. The van der Waals surface area contributed by atoms with Crippen LogP contribution >= 0.6 is 0 Å². The zero-order valence-corrected chi connectivity index (χ0v) is 14.2. The zero-order valence-electron chi connectivity index (χ0n) is 14.2. The highest BCUT2D eigenvalue weighted by atomic mass is 16.5. The van der Waals surface area contributed by atoms with Crippen LogP contribution < -0.4 is 5.32 Å². The number of esters is 1. The first kappa shape index (κ1) is 18.1. The summed E-state index contributed by atoms with van der Waals surface area (Å²) in [4.78, 5) is 37.4. The largest absolute Gasteiger partial charge is 0.466 e. The number of rotatable bonds is 6. The van der Waals surface area contributed by atoms with E-state index in [1.165, 1.54) is 6.92 Å². The summed E-state index contributed by atoms with van der Waals surface area (Å²) >= 11 is 0. The standard InChI is InChI=1S/C18H24N2O4/c1-3-24-18(23)15-7-5-9-20(11-15)12-17(22)19-16-8-4-6-14(10-16)13(2)21/h4,6,8,10,15H,3,5,7,9,11-12H2,1-2H3,(H,19,22)/t15-/m1/s1. The number of ether oxygens (including phenoxy) is 1. The predicted octanol–water partition coefficient (Wildman–Crippen LogP) is 2.10. The second kappa shape index (κ2) is 8.59. The Labute approximate surface area is 142 Å². The molecule has 0 aromatic heterocycles. The van der Waals surface area contributed by atoms with Crippen LogP contribution in [0.25, 0.3) is 0 Å². The number of benzene rings is 1. The Kier molecular flexibility index (Phi) is 6.49. The molecule has 0 bridgehead atoms. The first-order valence-corrected chi connectivity index (χ1v) is 8.29. The van der Waals surface area contributed by atoms with Crippen LogP contribution in [0, 0.1) is 5.92 Å². The van der Waals surface area contributed by atoms with Crippen molar-refractivity contribution in [3.8, 4) is 0 Å². The summed E-state index contributed by atoms with van der Waals surface area (Å²) in [5, 5.41) is 2.80. The number of hydrogen-bond donors (Lipinski definition) is 1. The number of likely N-dealkylation sites (tertiary alicyclic amines) is 1. The van der Waals surface area contributed by atoms with Crippen molar-refractivity contribution in [2.45, 2.75) is 26.7 Å². The molecule has 1 heterocycles. The van der Waals surface area contributed by atoms with Gasteiger partial charge in [-0.15, -0.1) is 0 Å². The normalized spacial score (nSPS) is 18.0. The van der Waals surface area contributed by atoms with Crippen molar-refractivity contribution in [3.05, 3.63) is 29.8 Å². The molecule has 6 nitrogen and oxygen atoms in total. The summed E-state index contributed by atoms with van der Waals surface area (Å²) in [5.41, 5.74) is 1.17. The highest BCUT2D eigenvalue weighted by Gasteiger charge is 2.27. The lowest BCUT2D eigenvalue weighted by molar-refractivity contribution is -0.150. The van der Waals surface area contributed by atoms with E-state index in [4.69, 9.17) is 4.74 Å². The summed E-state index contributed by atoms with van der Waals surface area (Å²) in [6.07, 6.45) is 1.67. The first-order valence-electron chi connectivity index (χ1n) is 8.29. The fraction of sp³-hybridized carbons (Fsp3) is 0.500. The van der Waals surface area contributed by atoms with Gasteiger partial charge < -0.3 is 10.1 Å². The molecule has 1 saturated heterocycles. The average molecular weight is 332 g/mol. The van der Waals surface area contributed by atoms with Gasteiger partial charge in [-0.2, -0.15) is 0 Å². The van der Waals surface area contributed by atoms with Gasteiger partial charge in [0, 0.05) is 17.8 Å². The van der Waals surface area contributed by atoms with Gasteiger partial charge >= 0.3 is 5.97 Å². The summed E-state index contributed by atoms with van der Waals surface area (Å²) < 4.78 is 5.07. The molecule has 130 valence electrons. The van der Waals surface area contributed by atoms with Gasteiger partial charge in [0.1, 0.15) is 0 Å². The van der Waals surface area contributed by atoms with Crippen LogP contribution in [0.3, 0.4) is 0 Å². The molecule has 1 aliphatic rings. The molecule has 1 amide bonds. The SMILES string of the molecule is CCOC(=O)[C@@H]1CCCN(CC(=O)Nc2cccc(C(C)=O)c2)C1. The minimum atomic E-state index is -0.184. The molecule has 0 unspecified atom stereocenters. The fourth-order valence-electron chi connectivity index (χ4n) is 2.87. The van der Waals surface area contributed by atoms with Crippen LogP contribution in [0.2, 0.25) is 0 Å². The second-order valence-corrected chi connectivity index (χ2v) is 6.01. The summed E-state index contributed by atoms with van der Waals surface area (Å²) in [6, 6.07) is 6.87. The van der Waals surface area contributed by atoms with Crippen LogP contribution in [0.1, 0.15) is 37.0 Å². The Morgan fingerprint density at radius 1 is 1.33 bits per heavy atom. The van der Waals surface area contributed by atoms with Gasteiger partial charge in [0.2, 0.25) is 5.91 Å². The van der Waals surface area contributed by atoms with Crippen molar-refractivity contribution in [2.24, 2.45) is 5.92 Å². The van der Waals surface area contributed by atoms with Gasteiger partial charge in [0.15, 0.2) is 5.78 Å². The third kappa shape index (κ3) is 5.16. The second-order valence-electron chi connectivity index (χ2n) is 6.01. The molecular weight excluding hydrogens is 308 g/mol. The molecule has 0 spiro atoms. The number of nitrogens with one attached hydrogen (secondary N) is 1. The van der Waals surface area contributed by atoms with Gasteiger partial charge in [-0.05, 0) is 45.4 Å². The minimum Gasteiger partial charge on any atom is -0.466 e. The van der Waals surface area contributed by atoms with Gasteiger partial charge in [-0.3, -0.25) is 19.3 Å². The van der Waals surface area contributed by atoms with E-state index in [0.717, 1.165) is 19.4 Å². The average Bonchev–Trinajstić information content (AvgIpc) is 2.55. The van der Waals surface area contributed by atoms with E-state index in [9.17, 15) is 14.4 Å². The van der Waals surface area contributed by atoms with Gasteiger partial charge in [-0.25, -0.2) is 0 Å². The van der Waals surface area contributed by atoms with Crippen molar-refractivity contribution in [1.82, 2.24) is 4.90 Å². The number of nitrogens with zero attached hydrogens (tertiary/aromatic N) is 1. The van der Waals surface area contributed by atoms with Crippen molar-refractivity contribution in [3.63, 3.8) is 0 Å². The number of carbonyl (C=O) groups is 3. The van der Waals surface area contributed by atoms with E-state index >= 15 is 0 Å². The molecule has 1 aromatic rings. The van der Waals surface area contributed by atoms with Crippen molar-refractivity contribution in [1.29, 1.82) is 0 Å². The monoisotopic (exact) mass is 332 g/mol. The van der Waals surface area contributed by atoms with E-state index in [-0.39, 0.29) is 30.1 Å². The Bertz CT molecular complexity index is 615. The third-order valence-electron chi connectivity index (χ3n) is 4.05. The molecule has 1 aromatic carbocycles. The number of Topliss-reactive ketones (excluding diaryl/α,β-unsaturated/α-hetero) is 1. The highest BCUT2D eigenvalue weighted by molar-refractivity contribution is 5.97. The molecule has 1 N–H and O–H groups in total. The van der Waals surface area contributed by atoms with E-state index in [0.29, 0.717) is 24.4 Å². The van der Waals surface area contributed by atoms with Crippen LogP contribution in [0.5, 0.6) is 0 Å². The number of hydrogen-bond acceptors (Lipinski definition) is 5. The minimum absolute atomic E-state index is 0.0422. The van der Waals surface area contributed by atoms with Crippen molar-refractivity contribution in [2.75, 3.05) is 31.6 Å². The number of carbonyl (C=O) groups excluding carboxylic acids is 3. The number of piperidine rings is 1. The molecule has 1 aliphatic heterocycles. The maximum Gasteiger partial charge on any atom is 0.310 e. The molecule has 2 rings (SSSR count). The topological polar surface area (TPSA) is 75.7 Å². The maximum absolute atomic E-state index is 12.2. The van der Waals surface area contributed by atoms with Gasteiger partial charge in [0.25, 0.3) is 0 Å². The number of amides is 1. The lowest BCUT2D eigenvalue weighted by Gasteiger charge is -2.30. The Balaban J connectivity index is 1.89. The Hall–Kier alpha value is -2.21. The zero-order chi connectivity index (χ0) is 17.5. The van der Waals surface area contributed by atoms with Crippen LogP contribution in [-0.2, 0) is 14.3 Å². The fourth-order valence-corrected chi connectivity index (χ4v) is 2.87. The molecule has 0 saturated carbocycles. The molecule has 1 atom stereocenters. The number of anilines is 1. The van der Waals surface area contributed by atoms with E-state index in [2.05, 4.69) is 5.32 Å². The van der Waals surface area contributed by atoms with Crippen molar-refractivity contribution < 1.29 is 19.1 Å². The first-order chi connectivity index (χ1) is 11.5. The Morgan fingerprint density at radius 2 is 2.12 bits per heavy atom. The van der Waals surface area contributed by atoms with Crippen molar-refractivity contribution >= 4 is 23.3 Å². The number of ketones is 1. The molecule has 6 heteroatoms. The highest BCUT2D eigenvalue weighted by Crippen LogP contribution is 2.18. The third-order valence-corrected chi connectivity index (χ3v) is 4.05. The van der Waals surface area contributed by atoms with Crippen LogP contribution in [-0.4, -0.2) is 48.8 Å². The molecule has 1 fully saturated rings. The molecular formula is C18H24N2O4. The van der Waals surface area contributed by atoms with E-state index in [1.807, 2.05) is 4.90 Å². The molecule has 0 radical (unpaired) electrons. The van der Waals surface area contributed by atoms with E-state index < -0.39 is 0 Å². The lowest BCUT2D eigenvalue weighted by Crippen LogP contribution is -2.43. The maximum atomic E-state index is 12.2. The quantitative estimate of drug-likeness (QED) is 0.638. The molecule has 0 aliphatic carbocycles. The van der Waals surface area contributed by atoms with Gasteiger partial charge in [-0.1, -0.05) is 12.1 Å². The summed E-state index contributed by atoms with van der Waals surface area (Å²) in [5.74, 6) is -0.538.